The number of amides is 1. The van der Waals surface area contributed by atoms with Gasteiger partial charge in [-0.05, 0) is 23.3 Å². The Bertz CT molecular complexity index is 686. The molecule has 6 heteroatoms. The van der Waals surface area contributed by atoms with E-state index in [1.807, 2.05) is 30.3 Å². The monoisotopic (exact) mass is 328 g/mol. The Morgan fingerprint density at radius 3 is 2.33 bits per heavy atom. The highest BCUT2D eigenvalue weighted by Crippen LogP contribution is 2.19. The second-order valence-electron chi connectivity index (χ2n) is 5.48. The van der Waals surface area contributed by atoms with Crippen LogP contribution in [0.5, 0.6) is 0 Å². The number of carboxylic acid groups (broad SMARTS) is 1. The van der Waals surface area contributed by atoms with Crippen molar-refractivity contribution in [3.63, 3.8) is 0 Å². The lowest BCUT2D eigenvalue weighted by atomic mass is 9.93. The van der Waals surface area contributed by atoms with Crippen LogP contribution in [-0.4, -0.2) is 23.2 Å². The zero-order valence-electron chi connectivity index (χ0n) is 13.3. The molecule has 126 valence electrons. The number of ether oxygens (including phenoxy) is 1. The Labute approximate surface area is 140 Å². The number of nitrogen functional groups attached to an aromatic ring is 1. The van der Waals surface area contributed by atoms with Gasteiger partial charge in [0, 0.05) is 11.6 Å². The van der Waals surface area contributed by atoms with Gasteiger partial charge in [-0.1, -0.05) is 49.4 Å². The Balaban J connectivity index is 1.96. The molecule has 0 radical (unpaired) electrons. The van der Waals surface area contributed by atoms with Crippen LogP contribution in [0, 0.1) is 0 Å². The summed E-state index contributed by atoms with van der Waals surface area (Å²) in [5.41, 5.74) is 7.79. The third-order valence-electron chi connectivity index (χ3n) is 3.71. The number of carboxylic acids is 1. The van der Waals surface area contributed by atoms with Crippen molar-refractivity contribution in [2.75, 3.05) is 5.73 Å². The van der Waals surface area contributed by atoms with E-state index in [9.17, 15) is 14.7 Å². The highest BCUT2D eigenvalue weighted by Gasteiger charge is 2.28. The number of carbonyl (C=O) groups is 2. The zero-order valence-corrected chi connectivity index (χ0v) is 13.3. The average molecular weight is 328 g/mol. The molecule has 4 N–H and O–H groups in total. The molecule has 2 atom stereocenters. The molecule has 0 bridgehead atoms. The summed E-state index contributed by atoms with van der Waals surface area (Å²) in [5, 5.41) is 11.8. The normalized spacial score (nSPS) is 12.9. The predicted molar refractivity (Wildman–Crippen MR) is 90.5 cm³/mol. The van der Waals surface area contributed by atoms with Crippen LogP contribution in [0.25, 0.3) is 0 Å². The molecule has 1 amide bonds. The number of rotatable bonds is 6. The molecule has 2 unspecified atom stereocenters. The van der Waals surface area contributed by atoms with Crippen LogP contribution in [-0.2, 0) is 16.1 Å². The molecule has 0 saturated carbocycles. The van der Waals surface area contributed by atoms with Gasteiger partial charge in [0.2, 0.25) is 0 Å². The summed E-state index contributed by atoms with van der Waals surface area (Å²) in [6.07, 6.45) is -0.776. The summed E-state index contributed by atoms with van der Waals surface area (Å²) in [4.78, 5) is 23.4. The first kappa shape index (κ1) is 17.3. The summed E-state index contributed by atoms with van der Waals surface area (Å²) in [6, 6.07) is 14.9. The third kappa shape index (κ3) is 4.74. The van der Waals surface area contributed by atoms with Crippen molar-refractivity contribution >= 4 is 17.7 Å². The van der Waals surface area contributed by atoms with Gasteiger partial charge in [-0.15, -0.1) is 0 Å². The topological polar surface area (TPSA) is 102 Å². The minimum Gasteiger partial charge on any atom is -0.480 e. The van der Waals surface area contributed by atoms with Crippen molar-refractivity contribution in [2.24, 2.45) is 0 Å². The first-order valence-corrected chi connectivity index (χ1v) is 7.53. The van der Waals surface area contributed by atoms with E-state index in [0.717, 1.165) is 11.1 Å². The van der Waals surface area contributed by atoms with Gasteiger partial charge in [0.25, 0.3) is 0 Å². The molecule has 0 saturated heterocycles. The zero-order chi connectivity index (χ0) is 17.5. The van der Waals surface area contributed by atoms with Crippen LogP contribution >= 0.6 is 0 Å². The quantitative estimate of drug-likeness (QED) is 0.708. The molecule has 24 heavy (non-hydrogen) atoms. The number of aliphatic carboxylic acids is 1. The van der Waals surface area contributed by atoms with Crippen LogP contribution < -0.4 is 11.1 Å². The Hall–Kier alpha value is -3.02. The molecule has 0 spiro atoms. The Kier molecular flexibility index (Phi) is 5.78. The van der Waals surface area contributed by atoms with Crippen molar-refractivity contribution in [3.05, 3.63) is 65.7 Å². The second kappa shape index (κ2) is 8.01. The van der Waals surface area contributed by atoms with Crippen LogP contribution in [0.4, 0.5) is 10.5 Å². The molecule has 6 nitrogen and oxygen atoms in total. The average Bonchev–Trinajstić information content (AvgIpc) is 2.59. The molecular weight excluding hydrogens is 308 g/mol. The largest absolute Gasteiger partial charge is 0.480 e. The molecule has 0 fully saturated rings. The van der Waals surface area contributed by atoms with E-state index in [1.165, 1.54) is 0 Å². The summed E-state index contributed by atoms with van der Waals surface area (Å²) >= 11 is 0. The number of hydrogen-bond donors (Lipinski definition) is 3. The molecule has 2 aromatic rings. The fourth-order valence-electron chi connectivity index (χ4n) is 2.28. The minimum absolute atomic E-state index is 0.0399. The van der Waals surface area contributed by atoms with Crippen LogP contribution in [0.15, 0.2) is 54.6 Å². The number of nitrogens with two attached hydrogens (primary N) is 1. The highest BCUT2D eigenvalue weighted by molar-refractivity contribution is 5.81. The summed E-state index contributed by atoms with van der Waals surface area (Å²) in [7, 11) is 0. The van der Waals surface area contributed by atoms with Crippen molar-refractivity contribution in [3.8, 4) is 0 Å². The lowest BCUT2D eigenvalue weighted by Crippen LogP contribution is -2.44. The fourth-order valence-corrected chi connectivity index (χ4v) is 2.28. The highest BCUT2D eigenvalue weighted by atomic mass is 16.5. The van der Waals surface area contributed by atoms with Gasteiger partial charge in [0.1, 0.15) is 12.6 Å². The molecule has 2 rings (SSSR count). The van der Waals surface area contributed by atoms with Gasteiger partial charge in [0.05, 0.1) is 0 Å². The number of hydrogen-bond acceptors (Lipinski definition) is 4. The minimum atomic E-state index is -1.12. The van der Waals surface area contributed by atoms with Crippen molar-refractivity contribution in [1.82, 2.24) is 5.32 Å². The molecular formula is C18H20N2O4. The smallest absolute Gasteiger partial charge is 0.408 e. The Morgan fingerprint density at radius 2 is 1.75 bits per heavy atom. The van der Waals surface area contributed by atoms with E-state index in [1.54, 1.807) is 31.2 Å². The number of carbonyl (C=O) groups excluding carboxylic acids is 1. The van der Waals surface area contributed by atoms with E-state index < -0.39 is 24.0 Å². The lowest BCUT2D eigenvalue weighted by molar-refractivity contribution is -0.139. The van der Waals surface area contributed by atoms with Crippen molar-refractivity contribution in [1.29, 1.82) is 0 Å². The molecule has 0 heterocycles. The van der Waals surface area contributed by atoms with E-state index in [2.05, 4.69) is 5.32 Å². The standard InChI is InChI=1S/C18H20N2O4/c1-12(14-5-3-2-4-6-14)16(17(21)22)20-18(23)24-11-13-7-9-15(19)10-8-13/h2-10,12,16H,11,19H2,1H3,(H,20,23)(H,21,22). The molecule has 0 aliphatic heterocycles. The van der Waals surface area contributed by atoms with E-state index in [0.29, 0.717) is 5.69 Å². The van der Waals surface area contributed by atoms with E-state index >= 15 is 0 Å². The number of nitrogens with one attached hydrogen (secondary N) is 1. The van der Waals surface area contributed by atoms with E-state index in [4.69, 9.17) is 10.5 Å². The third-order valence-corrected chi connectivity index (χ3v) is 3.71. The van der Waals surface area contributed by atoms with E-state index in [-0.39, 0.29) is 6.61 Å². The van der Waals surface area contributed by atoms with Gasteiger partial charge < -0.3 is 20.9 Å². The first-order chi connectivity index (χ1) is 11.5. The number of benzene rings is 2. The Morgan fingerprint density at radius 1 is 1.12 bits per heavy atom. The van der Waals surface area contributed by atoms with Crippen molar-refractivity contribution < 1.29 is 19.4 Å². The van der Waals surface area contributed by atoms with Gasteiger partial charge in [-0.25, -0.2) is 9.59 Å². The summed E-state index contributed by atoms with van der Waals surface area (Å²) in [5.74, 6) is -1.51. The first-order valence-electron chi connectivity index (χ1n) is 7.53. The summed E-state index contributed by atoms with van der Waals surface area (Å²) in [6.45, 7) is 1.78. The van der Waals surface area contributed by atoms with Gasteiger partial charge in [-0.2, -0.15) is 0 Å². The number of anilines is 1. The van der Waals surface area contributed by atoms with Crippen LogP contribution in [0.1, 0.15) is 24.0 Å². The molecule has 0 aliphatic rings. The summed E-state index contributed by atoms with van der Waals surface area (Å²) < 4.78 is 5.08. The number of alkyl carbamates (subject to hydrolysis) is 1. The van der Waals surface area contributed by atoms with Crippen LogP contribution in [0.2, 0.25) is 0 Å². The lowest BCUT2D eigenvalue weighted by Gasteiger charge is -2.21. The van der Waals surface area contributed by atoms with Gasteiger partial charge >= 0.3 is 12.1 Å². The maximum atomic E-state index is 11.9. The van der Waals surface area contributed by atoms with Crippen molar-refractivity contribution in [2.45, 2.75) is 25.5 Å². The SMILES string of the molecule is CC(c1ccccc1)C(NC(=O)OCc1ccc(N)cc1)C(=O)O. The molecule has 2 aromatic carbocycles. The molecule has 0 aromatic heterocycles. The predicted octanol–water partition coefficient (Wildman–Crippen LogP) is 2.75. The maximum Gasteiger partial charge on any atom is 0.408 e. The molecule has 0 aliphatic carbocycles. The second-order valence-corrected chi connectivity index (χ2v) is 5.48. The maximum absolute atomic E-state index is 11.9. The van der Waals surface area contributed by atoms with Gasteiger partial charge in [0.15, 0.2) is 0 Å². The fraction of sp³-hybridized carbons (Fsp3) is 0.222. The van der Waals surface area contributed by atoms with Gasteiger partial charge in [-0.3, -0.25) is 0 Å². The van der Waals surface area contributed by atoms with Crippen LogP contribution in [0.3, 0.4) is 0 Å².